The monoisotopic (exact) mass is 644 g/mol. The number of nitrogens with zero attached hydrogens (tertiary/aromatic N) is 4. The second kappa shape index (κ2) is 13.9. The number of hydrogen-bond donors (Lipinski definition) is 1. The summed E-state index contributed by atoms with van der Waals surface area (Å²) in [5.74, 6) is 0.353. The number of carbonyl (C=O) groups is 2. The van der Waals surface area contributed by atoms with E-state index in [9.17, 15) is 14.7 Å². The van der Waals surface area contributed by atoms with Crippen LogP contribution in [0.5, 0.6) is 5.75 Å². The van der Waals surface area contributed by atoms with Gasteiger partial charge in [-0.2, -0.15) is 0 Å². The third-order valence-electron chi connectivity index (χ3n) is 9.28. The topological polar surface area (TPSA) is 87.5 Å². The van der Waals surface area contributed by atoms with E-state index in [0.29, 0.717) is 37.2 Å². The Morgan fingerprint density at radius 2 is 1.72 bits per heavy atom. The molecule has 46 heavy (non-hydrogen) atoms. The zero-order valence-corrected chi connectivity index (χ0v) is 28.1. The van der Waals surface area contributed by atoms with E-state index >= 15 is 0 Å². The van der Waals surface area contributed by atoms with Gasteiger partial charge < -0.3 is 33.8 Å². The molecule has 244 valence electrons. The average molecular weight is 645 g/mol. The van der Waals surface area contributed by atoms with Crippen LogP contribution in [-0.2, 0) is 23.2 Å². The van der Waals surface area contributed by atoms with Crippen molar-refractivity contribution < 1.29 is 24.2 Å². The number of carbonyl (C=O) groups excluding carboxylic acids is 1. The molecule has 1 N–H and O–H groups in total. The molecular formula is C36H44N4O5S. The quantitative estimate of drug-likeness (QED) is 0.208. The molecule has 1 amide bonds. The predicted octanol–water partition coefficient (Wildman–Crippen LogP) is 6.59. The second-order valence-corrected chi connectivity index (χ2v) is 13.8. The lowest BCUT2D eigenvalue weighted by Gasteiger charge is -2.31. The standard InChI is InChI=1S/C36H44N4O5S/c1-37(2)22-32(41)38(3)27-12-15-29(40-16-18-44-19-17-40)26(20-27)23-45-28-13-10-25(11-14-28)34-33(24-8-6-5-7-9-24)35-30(39(34)4)21-31(46-35)36(42)43/h10-15,20-21,24H,5-9,16-19,22-23H2,1-4H3,(H,42,43). The average Bonchev–Trinajstić information content (AvgIpc) is 3.62. The summed E-state index contributed by atoms with van der Waals surface area (Å²) in [6.07, 6.45) is 5.94. The lowest BCUT2D eigenvalue weighted by molar-refractivity contribution is -0.118. The number of aromatic nitrogens is 1. The van der Waals surface area contributed by atoms with Crippen molar-refractivity contribution in [3.05, 3.63) is 64.5 Å². The van der Waals surface area contributed by atoms with Crippen LogP contribution in [-0.4, -0.2) is 80.4 Å². The molecule has 1 saturated carbocycles. The first-order valence-electron chi connectivity index (χ1n) is 16.2. The van der Waals surface area contributed by atoms with E-state index in [2.05, 4.69) is 33.7 Å². The van der Waals surface area contributed by atoms with Gasteiger partial charge in [-0.05, 0) is 92.5 Å². The predicted molar refractivity (Wildman–Crippen MR) is 185 cm³/mol. The molecule has 1 saturated heterocycles. The number of aryl methyl sites for hydroxylation is 1. The normalized spacial score (nSPS) is 15.9. The summed E-state index contributed by atoms with van der Waals surface area (Å²) in [6, 6.07) is 16.3. The van der Waals surface area contributed by atoms with Gasteiger partial charge in [0.15, 0.2) is 0 Å². The molecule has 1 aliphatic heterocycles. The number of anilines is 2. The van der Waals surface area contributed by atoms with E-state index in [4.69, 9.17) is 9.47 Å². The van der Waals surface area contributed by atoms with E-state index in [1.54, 1.807) is 4.90 Å². The first-order chi connectivity index (χ1) is 22.2. The fourth-order valence-electron chi connectivity index (χ4n) is 6.86. The summed E-state index contributed by atoms with van der Waals surface area (Å²) in [7, 11) is 7.65. The number of hydrogen-bond acceptors (Lipinski definition) is 7. The summed E-state index contributed by atoms with van der Waals surface area (Å²) < 4.78 is 15.3. The smallest absolute Gasteiger partial charge is 0.345 e. The summed E-state index contributed by atoms with van der Waals surface area (Å²) >= 11 is 1.40. The van der Waals surface area contributed by atoms with Crippen LogP contribution in [0.25, 0.3) is 21.5 Å². The minimum Gasteiger partial charge on any atom is -0.489 e. The Kier molecular flexibility index (Phi) is 9.67. The molecule has 1 aliphatic carbocycles. The Morgan fingerprint density at radius 3 is 2.39 bits per heavy atom. The molecule has 2 aromatic heterocycles. The fourth-order valence-corrected chi connectivity index (χ4v) is 8.01. The maximum Gasteiger partial charge on any atom is 0.345 e. The number of morpholine rings is 1. The number of fused-ring (bicyclic) bond motifs is 1. The number of carboxylic acids is 1. The molecule has 0 radical (unpaired) electrons. The van der Waals surface area contributed by atoms with Gasteiger partial charge in [0.2, 0.25) is 5.91 Å². The summed E-state index contributed by atoms with van der Waals surface area (Å²) in [6.45, 7) is 3.68. The van der Waals surface area contributed by atoms with Crippen molar-refractivity contribution in [1.82, 2.24) is 9.47 Å². The molecule has 0 atom stereocenters. The number of rotatable bonds is 10. The molecule has 4 aromatic rings. The Hall–Kier alpha value is -3.86. The second-order valence-electron chi connectivity index (χ2n) is 12.7. The Balaban J connectivity index is 1.27. The molecule has 10 heteroatoms. The molecule has 3 heterocycles. The van der Waals surface area contributed by atoms with Crippen LogP contribution in [0.3, 0.4) is 0 Å². The van der Waals surface area contributed by atoms with Crippen molar-refractivity contribution in [3.63, 3.8) is 0 Å². The largest absolute Gasteiger partial charge is 0.489 e. The highest BCUT2D eigenvalue weighted by molar-refractivity contribution is 7.21. The van der Waals surface area contributed by atoms with E-state index in [0.717, 1.165) is 64.4 Å². The molecule has 0 spiro atoms. The van der Waals surface area contributed by atoms with Crippen LogP contribution in [0, 0.1) is 0 Å². The van der Waals surface area contributed by atoms with Crippen molar-refractivity contribution in [2.45, 2.75) is 44.6 Å². The highest BCUT2D eigenvalue weighted by Gasteiger charge is 2.28. The van der Waals surface area contributed by atoms with Crippen molar-refractivity contribution in [3.8, 4) is 17.0 Å². The van der Waals surface area contributed by atoms with Crippen molar-refractivity contribution in [2.75, 3.05) is 63.8 Å². The van der Waals surface area contributed by atoms with E-state index in [-0.39, 0.29) is 5.91 Å². The Labute approximate surface area is 274 Å². The van der Waals surface area contributed by atoms with Gasteiger partial charge in [0.25, 0.3) is 0 Å². The fraction of sp³-hybridized carbons (Fsp3) is 0.444. The molecule has 0 unspecified atom stereocenters. The number of likely N-dealkylation sites (N-methyl/N-ethyl adjacent to an activating group) is 2. The van der Waals surface area contributed by atoms with Gasteiger partial charge in [0, 0.05) is 44.1 Å². The third kappa shape index (κ3) is 6.65. The van der Waals surface area contributed by atoms with Crippen LogP contribution in [0.1, 0.15) is 58.8 Å². The van der Waals surface area contributed by atoms with E-state index in [1.165, 1.54) is 41.9 Å². The SMILES string of the molecule is CN(C)CC(=O)N(C)c1ccc(N2CCOCC2)c(COc2ccc(-c3c(C4CCCCC4)c4sc(C(=O)O)cc4n3C)cc2)c1. The van der Waals surface area contributed by atoms with Gasteiger partial charge in [0.1, 0.15) is 17.2 Å². The van der Waals surface area contributed by atoms with Gasteiger partial charge in [-0.15, -0.1) is 11.3 Å². The lowest BCUT2D eigenvalue weighted by atomic mass is 9.83. The van der Waals surface area contributed by atoms with Crippen LogP contribution >= 0.6 is 11.3 Å². The number of carboxylic acid groups (broad SMARTS) is 1. The van der Waals surface area contributed by atoms with Crippen molar-refractivity contribution >= 4 is 44.8 Å². The molecule has 2 fully saturated rings. The van der Waals surface area contributed by atoms with Crippen LogP contribution in [0.4, 0.5) is 11.4 Å². The van der Waals surface area contributed by atoms with Crippen LogP contribution < -0.4 is 14.5 Å². The number of aromatic carboxylic acids is 1. The van der Waals surface area contributed by atoms with Crippen molar-refractivity contribution in [1.29, 1.82) is 0 Å². The summed E-state index contributed by atoms with van der Waals surface area (Å²) in [5.41, 5.74) is 7.51. The van der Waals surface area contributed by atoms with E-state index < -0.39 is 5.97 Å². The molecular weight excluding hydrogens is 600 g/mol. The van der Waals surface area contributed by atoms with Gasteiger partial charge in [-0.25, -0.2) is 4.79 Å². The highest BCUT2D eigenvalue weighted by Crippen LogP contribution is 2.46. The molecule has 2 aromatic carbocycles. The summed E-state index contributed by atoms with van der Waals surface area (Å²) in [4.78, 5) is 30.9. The maximum atomic E-state index is 12.8. The first-order valence-corrected chi connectivity index (χ1v) is 17.0. The Bertz CT molecular complexity index is 1700. The highest BCUT2D eigenvalue weighted by atomic mass is 32.1. The summed E-state index contributed by atoms with van der Waals surface area (Å²) in [5, 5.41) is 9.69. The number of thiophene rings is 1. The Morgan fingerprint density at radius 1 is 1.00 bits per heavy atom. The molecule has 9 nitrogen and oxygen atoms in total. The zero-order chi connectivity index (χ0) is 32.4. The van der Waals surface area contributed by atoms with Gasteiger partial charge in [0.05, 0.1) is 35.7 Å². The lowest BCUT2D eigenvalue weighted by Crippen LogP contribution is -2.37. The first kappa shape index (κ1) is 32.1. The van der Waals surface area contributed by atoms with Crippen LogP contribution in [0.15, 0.2) is 48.5 Å². The third-order valence-corrected chi connectivity index (χ3v) is 10.4. The number of ether oxygens (including phenoxy) is 2. The minimum absolute atomic E-state index is 0.0268. The number of benzene rings is 2. The molecule has 6 rings (SSSR count). The van der Waals surface area contributed by atoms with Crippen LogP contribution in [0.2, 0.25) is 0 Å². The van der Waals surface area contributed by atoms with Gasteiger partial charge in [-0.1, -0.05) is 19.3 Å². The maximum absolute atomic E-state index is 12.8. The van der Waals surface area contributed by atoms with Gasteiger partial charge in [-0.3, -0.25) is 4.79 Å². The van der Waals surface area contributed by atoms with E-state index in [1.807, 2.05) is 57.4 Å². The molecule has 0 bridgehead atoms. The zero-order valence-electron chi connectivity index (χ0n) is 27.3. The number of amides is 1. The van der Waals surface area contributed by atoms with Gasteiger partial charge >= 0.3 is 5.97 Å². The minimum atomic E-state index is -0.868. The van der Waals surface area contributed by atoms with Crippen molar-refractivity contribution in [2.24, 2.45) is 7.05 Å². The molecule has 2 aliphatic rings.